The number of hydrogen-bond donors (Lipinski definition) is 1. The normalized spacial score (nSPS) is 15.1. The SMILES string of the molecule is CCCc1cccc(C(C)(S)CC)c1. The molecule has 0 fully saturated rings. The standard InChI is InChI=1S/C13H20S/c1-4-7-11-8-6-9-12(10-11)13(3,14)5-2/h6,8-10,14H,4-5,7H2,1-3H3. The summed E-state index contributed by atoms with van der Waals surface area (Å²) in [5.74, 6) is 0. The Morgan fingerprint density at radius 2 is 2.00 bits per heavy atom. The summed E-state index contributed by atoms with van der Waals surface area (Å²) < 4.78 is 0.0176. The molecule has 0 spiro atoms. The minimum atomic E-state index is 0.0176. The Morgan fingerprint density at radius 3 is 2.57 bits per heavy atom. The molecule has 1 unspecified atom stereocenters. The summed E-state index contributed by atoms with van der Waals surface area (Å²) in [6.07, 6.45) is 3.44. The average molecular weight is 208 g/mol. The van der Waals surface area contributed by atoms with Crippen LogP contribution in [-0.2, 0) is 11.2 Å². The molecule has 1 rings (SSSR count). The summed E-state index contributed by atoms with van der Waals surface area (Å²) in [6, 6.07) is 8.81. The monoisotopic (exact) mass is 208 g/mol. The van der Waals surface area contributed by atoms with Crippen LogP contribution in [0, 0.1) is 0 Å². The van der Waals surface area contributed by atoms with Crippen LogP contribution in [0.15, 0.2) is 24.3 Å². The van der Waals surface area contributed by atoms with Gasteiger partial charge in [0.15, 0.2) is 0 Å². The van der Waals surface area contributed by atoms with E-state index in [-0.39, 0.29) is 4.75 Å². The molecule has 0 saturated heterocycles. The number of aryl methyl sites for hydroxylation is 1. The molecule has 0 N–H and O–H groups in total. The molecule has 1 atom stereocenters. The van der Waals surface area contributed by atoms with Crippen molar-refractivity contribution < 1.29 is 0 Å². The van der Waals surface area contributed by atoms with E-state index < -0.39 is 0 Å². The lowest BCUT2D eigenvalue weighted by Gasteiger charge is -2.22. The van der Waals surface area contributed by atoms with Crippen molar-refractivity contribution in [2.45, 2.75) is 44.8 Å². The molecule has 0 saturated carbocycles. The zero-order valence-corrected chi connectivity index (χ0v) is 10.3. The Hall–Kier alpha value is -0.430. The summed E-state index contributed by atoms with van der Waals surface area (Å²) in [4.78, 5) is 0. The third-order valence-corrected chi connectivity index (χ3v) is 3.35. The van der Waals surface area contributed by atoms with Gasteiger partial charge in [0, 0.05) is 4.75 Å². The third kappa shape index (κ3) is 2.78. The number of hydrogen-bond acceptors (Lipinski definition) is 1. The van der Waals surface area contributed by atoms with Gasteiger partial charge in [-0.15, -0.1) is 0 Å². The van der Waals surface area contributed by atoms with Crippen LogP contribution in [0.3, 0.4) is 0 Å². The quantitative estimate of drug-likeness (QED) is 0.705. The molecule has 0 aliphatic carbocycles. The van der Waals surface area contributed by atoms with E-state index in [4.69, 9.17) is 12.6 Å². The van der Waals surface area contributed by atoms with Crippen molar-refractivity contribution in [3.05, 3.63) is 35.4 Å². The minimum Gasteiger partial charge on any atom is -0.168 e. The van der Waals surface area contributed by atoms with Gasteiger partial charge in [0.2, 0.25) is 0 Å². The molecule has 0 aliphatic rings. The molecular weight excluding hydrogens is 188 g/mol. The van der Waals surface area contributed by atoms with Crippen LogP contribution in [0.5, 0.6) is 0 Å². The van der Waals surface area contributed by atoms with Crippen LogP contribution in [0.4, 0.5) is 0 Å². The summed E-state index contributed by atoms with van der Waals surface area (Å²) in [7, 11) is 0. The van der Waals surface area contributed by atoms with E-state index in [1.807, 2.05) is 0 Å². The highest BCUT2D eigenvalue weighted by Gasteiger charge is 2.18. The molecule has 0 heterocycles. The van der Waals surface area contributed by atoms with Crippen molar-refractivity contribution in [2.75, 3.05) is 0 Å². The second-order valence-electron chi connectivity index (χ2n) is 4.08. The van der Waals surface area contributed by atoms with E-state index in [2.05, 4.69) is 45.0 Å². The van der Waals surface area contributed by atoms with Crippen LogP contribution in [0.25, 0.3) is 0 Å². The second-order valence-corrected chi connectivity index (χ2v) is 5.06. The zero-order chi connectivity index (χ0) is 10.6. The van der Waals surface area contributed by atoms with Crippen molar-refractivity contribution in [2.24, 2.45) is 0 Å². The van der Waals surface area contributed by atoms with Crippen LogP contribution < -0.4 is 0 Å². The van der Waals surface area contributed by atoms with Crippen LogP contribution in [0.1, 0.15) is 44.7 Å². The predicted octanol–water partition coefficient (Wildman–Crippen LogP) is 4.19. The maximum atomic E-state index is 4.69. The molecule has 1 aromatic rings. The first-order valence-electron chi connectivity index (χ1n) is 5.42. The first kappa shape index (κ1) is 11.6. The van der Waals surface area contributed by atoms with Crippen molar-refractivity contribution in [1.82, 2.24) is 0 Å². The molecule has 1 heteroatoms. The lowest BCUT2D eigenvalue weighted by atomic mass is 9.95. The van der Waals surface area contributed by atoms with Crippen LogP contribution in [0.2, 0.25) is 0 Å². The van der Waals surface area contributed by atoms with Gasteiger partial charge in [-0.1, -0.05) is 44.5 Å². The summed E-state index contributed by atoms with van der Waals surface area (Å²) in [5, 5.41) is 0. The number of rotatable bonds is 4. The average Bonchev–Trinajstić information content (AvgIpc) is 2.19. The molecule has 14 heavy (non-hydrogen) atoms. The fraction of sp³-hybridized carbons (Fsp3) is 0.538. The topological polar surface area (TPSA) is 0 Å². The summed E-state index contributed by atoms with van der Waals surface area (Å²) >= 11 is 4.69. The summed E-state index contributed by atoms with van der Waals surface area (Å²) in [5.41, 5.74) is 2.77. The molecule has 0 bridgehead atoms. The Labute approximate surface area is 93.1 Å². The van der Waals surface area contributed by atoms with E-state index in [1.165, 1.54) is 24.0 Å². The largest absolute Gasteiger partial charge is 0.168 e. The Kier molecular flexibility index (Phi) is 4.06. The first-order valence-corrected chi connectivity index (χ1v) is 5.86. The number of thiol groups is 1. The van der Waals surface area contributed by atoms with E-state index in [9.17, 15) is 0 Å². The molecular formula is C13H20S. The Bertz CT molecular complexity index is 289. The molecule has 0 aromatic heterocycles. The fourth-order valence-corrected chi connectivity index (χ4v) is 1.69. The van der Waals surface area contributed by atoms with Crippen LogP contribution >= 0.6 is 12.6 Å². The zero-order valence-electron chi connectivity index (χ0n) is 9.38. The van der Waals surface area contributed by atoms with E-state index >= 15 is 0 Å². The van der Waals surface area contributed by atoms with Gasteiger partial charge in [0.1, 0.15) is 0 Å². The van der Waals surface area contributed by atoms with Gasteiger partial charge >= 0.3 is 0 Å². The number of benzene rings is 1. The van der Waals surface area contributed by atoms with Gasteiger partial charge < -0.3 is 0 Å². The Morgan fingerprint density at radius 1 is 1.29 bits per heavy atom. The lowest BCUT2D eigenvalue weighted by Crippen LogP contribution is -2.12. The van der Waals surface area contributed by atoms with Gasteiger partial charge in [-0.25, -0.2) is 0 Å². The van der Waals surface area contributed by atoms with E-state index in [0.29, 0.717) is 0 Å². The third-order valence-electron chi connectivity index (χ3n) is 2.78. The first-order chi connectivity index (χ1) is 6.60. The van der Waals surface area contributed by atoms with E-state index in [1.54, 1.807) is 0 Å². The molecule has 78 valence electrons. The summed E-state index contributed by atoms with van der Waals surface area (Å²) in [6.45, 7) is 6.58. The Balaban J connectivity index is 2.93. The van der Waals surface area contributed by atoms with Crippen molar-refractivity contribution in [3.63, 3.8) is 0 Å². The van der Waals surface area contributed by atoms with Crippen molar-refractivity contribution in [3.8, 4) is 0 Å². The lowest BCUT2D eigenvalue weighted by molar-refractivity contribution is 0.669. The smallest absolute Gasteiger partial charge is 0.0347 e. The minimum absolute atomic E-state index is 0.0176. The van der Waals surface area contributed by atoms with E-state index in [0.717, 1.165) is 6.42 Å². The highest BCUT2D eigenvalue weighted by molar-refractivity contribution is 7.81. The molecule has 1 aromatic carbocycles. The van der Waals surface area contributed by atoms with Gasteiger partial charge in [0.05, 0.1) is 0 Å². The van der Waals surface area contributed by atoms with Gasteiger partial charge in [-0.3, -0.25) is 0 Å². The second kappa shape index (κ2) is 4.88. The van der Waals surface area contributed by atoms with Gasteiger partial charge in [-0.2, -0.15) is 12.6 Å². The molecule has 0 radical (unpaired) electrons. The highest BCUT2D eigenvalue weighted by Crippen LogP contribution is 2.31. The van der Waals surface area contributed by atoms with Crippen molar-refractivity contribution in [1.29, 1.82) is 0 Å². The molecule has 0 aliphatic heterocycles. The van der Waals surface area contributed by atoms with Crippen LogP contribution in [-0.4, -0.2) is 0 Å². The predicted molar refractivity (Wildman–Crippen MR) is 67.1 cm³/mol. The maximum absolute atomic E-state index is 4.69. The van der Waals surface area contributed by atoms with Crippen molar-refractivity contribution >= 4 is 12.6 Å². The maximum Gasteiger partial charge on any atom is 0.0347 e. The van der Waals surface area contributed by atoms with Gasteiger partial charge in [0.25, 0.3) is 0 Å². The highest BCUT2D eigenvalue weighted by atomic mass is 32.1. The molecule has 0 nitrogen and oxygen atoms in total. The molecule has 0 amide bonds. The van der Waals surface area contributed by atoms with Gasteiger partial charge in [-0.05, 0) is 30.9 Å². The fourth-order valence-electron chi connectivity index (χ4n) is 1.55.